The first-order chi connectivity index (χ1) is 10.2. The highest BCUT2D eigenvalue weighted by atomic mass is 15.2. The van der Waals surface area contributed by atoms with E-state index in [1.165, 1.54) is 25.7 Å². The van der Waals surface area contributed by atoms with Crippen molar-refractivity contribution >= 4 is 16.0 Å². The van der Waals surface area contributed by atoms with Crippen LogP contribution in [0.5, 0.6) is 0 Å². The second-order valence-electron chi connectivity index (χ2n) is 8.27. The normalized spacial score (nSPS) is 26.1. The van der Waals surface area contributed by atoms with Crippen molar-refractivity contribution in [3.05, 3.63) is 0 Å². The van der Waals surface area contributed by atoms with Crippen LogP contribution < -0.4 is 0 Å². The van der Waals surface area contributed by atoms with E-state index in [0.717, 1.165) is 12.8 Å². The zero-order chi connectivity index (χ0) is 16.9. The molecule has 1 aliphatic carbocycles. The van der Waals surface area contributed by atoms with Crippen molar-refractivity contribution in [2.24, 2.45) is 11.8 Å². The fourth-order valence-electron chi connectivity index (χ4n) is 4.05. The molecular formula is C18H36B2N2. The molecule has 124 valence electrons. The summed E-state index contributed by atoms with van der Waals surface area (Å²) in [7, 11) is 13.0. The lowest BCUT2D eigenvalue weighted by Gasteiger charge is -2.48. The van der Waals surface area contributed by atoms with Crippen molar-refractivity contribution in [2.75, 3.05) is 0 Å². The van der Waals surface area contributed by atoms with E-state index in [9.17, 15) is 0 Å². The molecule has 22 heavy (non-hydrogen) atoms. The maximum Gasteiger partial charge on any atom is 0.183 e. The molecule has 1 fully saturated rings. The molecule has 2 nitrogen and oxygen atoms in total. The molecule has 0 aromatic carbocycles. The van der Waals surface area contributed by atoms with Gasteiger partial charge in [0.15, 0.2) is 16.0 Å². The summed E-state index contributed by atoms with van der Waals surface area (Å²) < 4.78 is 0. The number of nitrogens with zero attached hydrogens (tertiary/aromatic N) is 2. The van der Waals surface area contributed by atoms with Gasteiger partial charge in [0.25, 0.3) is 0 Å². The second-order valence-corrected chi connectivity index (χ2v) is 8.27. The molecule has 0 aromatic rings. The second kappa shape index (κ2) is 9.37. The summed E-state index contributed by atoms with van der Waals surface area (Å²) in [5, 5.41) is 0. The van der Waals surface area contributed by atoms with Crippen LogP contribution in [0.3, 0.4) is 0 Å². The van der Waals surface area contributed by atoms with Crippen LogP contribution in [-0.2, 0) is 0 Å². The van der Waals surface area contributed by atoms with E-state index in [1.807, 2.05) is 0 Å². The van der Waals surface area contributed by atoms with Crippen molar-refractivity contribution in [2.45, 2.75) is 104 Å². The van der Waals surface area contributed by atoms with Crippen molar-refractivity contribution in [3.63, 3.8) is 0 Å². The number of rotatable bonds is 8. The summed E-state index contributed by atoms with van der Waals surface area (Å²) in [6.45, 7) is 13.6. The maximum absolute atomic E-state index is 6.52. The summed E-state index contributed by atoms with van der Waals surface area (Å²) in [4.78, 5) is 4.23. The van der Waals surface area contributed by atoms with Crippen molar-refractivity contribution in [3.8, 4) is 0 Å². The van der Waals surface area contributed by atoms with Gasteiger partial charge in [0.1, 0.15) is 0 Å². The van der Waals surface area contributed by atoms with Crippen LogP contribution in [0.4, 0.5) is 0 Å². The minimum atomic E-state index is 0.391. The van der Waals surface area contributed by atoms with E-state index in [4.69, 9.17) is 16.0 Å². The van der Waals surface area contributed by atoms with E-state index in [1.54, 1.807) is 0 Å². The molecule has 0 amide bonds. The van der Waals surface area contributed by atoms with E-state index in [2.05, 4.69) is 51.2 Å². The van der Waals surface area contributed by atoms with Gasteiger partial charge in [-0.2, -0.15) is 0 Å². The first-order valence-corrected chi connectivity index (χ1v) is 9.30. The minimum Gasteiger partial charge on any atom is -0.347 e. The fourth-order valence-corrected chi connectivity index (χ4v) is 4.05. The minimum absolute atomic E-state index is 0.391. The summed E-state index contributed by atoms with van der Waals surface area (Å²) >= 11 is 0. The third-order valence-electron chi connectivity index (χ3n) is 5.10. The zero-order valence-corrected chi connectivity index (χ0v) is 15.8. The Balaban J connectivity index is 2.73. The first kappa shape index (κ1) is 20.1. The van der Waals surface area contributed by atoms with Gasteiger partial charge < -0.3 is 9.62 Å². The molecule has 0 aromatic heterocycles. The fraction of sp³-hybridized carbons (Fsp3) is 1.00. The van der Waals surface area contributed by atoms with Gasteiger partial charge in [-0.1, -0.05) is 54.4 Å². The molecule has 1 rings (SSSR count). The molecule has 1 saturated carbocycles. The van der Waals surface area contributed by atoms with Crippen molar-refractivity contribution in [1.82, 2.24) is 9.62 Å². The van der Waals surface area contributed by atoms with Gasteiger partial charge in [-0.25, -0.2) is 0 Å². The molecule has 0 aliphatic heterocycles. The Morgan fingerprint density at radius 3 is 1.32 bits per heavy atom. The van der Waals surface area contributed by atoms with Crippen LogP contribution in [-0.4, -0.2) is 49.8 Å². The highest BCUT2D eigenvalue weighted by Crippen LogP contribution is 2.29. The lowest BCUT2D eigenvalue weighted by atomic mass is 9.82. The molecule has 0 N–H and O–H groups in total. The molecule has 4 heteroatoms. The Morgan fingerprint density at radius 1 is 0.727 bits per heavy atom. The predicted octanol–water partition coefficient (Wildman–Crippen LogP) is 3.94. The molecular weight excluding hydrogens is 266 g/mol. The Hall–Kier alpha value is 0.0499. The summed E-state index contributed by atoms with van der Waals surface area (Å²) in [5.41, 5.74) is 0. The smallest absolute Gasteiger partial charge is 0.183 e. The molecule has 4 unspecified atom stereocenters. The predicted molar refractivity (Wildman–Crippen MR) is 99.1 cm³/mol. The molecule has 0 saturated heterocycles. The van der Waals surface area contributed by atoms with E-state index >= 15 is 0 Å². The standard InChI is InChI=1S/C18H36B2N2/c1-13(2)11-15(5)21(19)17-9-7-8-10-18(17)22(20)16(6)12-14(3)4/h13-18H,7-12H2,1-6H3. The summed E-state index contributed by atoms with van der Waals surface area (Å²) in [5.74, 6) is 1.36. The lowest BCUT2D eigenvalue weighted by Crippen LogP contribution is -2.56. The highest BCUT2D eigenvalue weighted by Gasteiger charge is 2.33. The van der Waals surface area contributed by atoms with Gasteiger partial charge in [0.05, 0.1) is 0 Å². The van der Waals surface area contributed by atoms with E-state index in [0.29, 0.717) is 36.0 Å². The Morgan fingerprint density at radius 2 is 1.05 bits per heavy atom. The van der Waals surface area contributed by atoms with Crippen LogP contribution in [0.25, 0.3) is 0 Å². The number of hydrogen-bond acceptors (Lipinski definition) is 2. The molecule has 0 spiro atoms. The molecule has 4 radical (unpaired) electrons. The average molecular weight is 302 g/mol. The van der Waals surface area contributed by atoms with Gasteiger partial charge in [-0.05, 0) is 49.6 Å². The summed E-state index contributed by atoms with van der Waals surface area (Å²) in [6.07, 6.45) is 7.18. The zero-order valence-electron chi connectivity index (χ0n) is 15.8. The third-order valence-corrected chi connectivity index (χ3v) is 5.10. The lowest BCUT2D eigenvalue weighted by molar-refractivity contribution is 0.0980. The van der Waals surface area contributed by atoms with Gasteiger partial charge in [-0.15, -0.1) is 0 Å². The Labute approximate surface area is 142 Å². The van der Waals surface area contributed by atoms with Gasteiger partial charge >= 0.3 is 0 Å². The highest BCUT2D eigenvalue weighted by molar-refractivity contribution is 6.06. The molecule has 4 atom stereocenters. The van der Waals surface area contributed by atoms with Crippen molar-refractivity contribution < 1.29 is 0 Å². The van der Waals surface area contributed by atoms with Crippen LogP contribution in [0.1, 0.15) is 80.1 Å². The Kier molecular flexibility index (Phi) is 8.56. The van der Waals surface area contributed by atoms with Gasteiger partial charge in [0.2, 0.25) is 0 Å². The van der Waals surface area contributed by atoms with Crippen molar-refractivity contribution in [1.29, 1.82) is 0 Å². The van der Waals surface area contributed by atoms with Gasteiger partial charge in [0, 0.05) is 12.1 Å². The first-order valence-electron chi connectivity index (χ1n) is 9.30. The van der Waals surface area contributed by atoms with E-state index in [-0.39, 0.29) is 0 Å². The monoisotopic (exact) mass is 302 g/mol. The average Bonchev–Trinajstić information content (AvgIpc) is 2.44. The molecule has 0 bridgehead atoms. The van der Waals surface area contributed by atoms with Crippen LogP contribution in [0, 0.1) is 11.8 Å². The van der Waals surface area contributed by atoms with Crippen LogP contribution in [0.15, 0.2) is 0 Å². The van der Waals surface area contributed by atoms with Gasteiger partial charge in [-0.3, -0.25) is 0 Å². The molecule has 1 aliphatic rings. The van der Waals surface area contributed by atoms with E-state index < -0.39 is 0 Å². The largest absolute Gasteiger partial charge is 0.347 e. The SMILES string of the molecule is [B]N(C(C)CC(C)C)C1CCCCC1N([B])C(C)CC(C)C. The van der Waals surface area contributed by atoms with Crippen LogP contribution >= 0.6 is 0 Å². The van der Waals surface area contributed by atoms with Crippen LogP contribution in [0.2, 0.25) is 0 Å². The maximum atomic E-state index is 6.52. The topological polar surface area (TPSA) is 6.48 Å². The quantitative estimate of drug-likeness (QED) is 0.627. The molecule has 0 heterocycles. The third kappa shape index (κ3) is 5.92. The summed E-state index contributed by atoms with van der Waals surface area (Å²) in [6, 6.07) is 1.61. The Bertz CT molecular complexity index is 279. The number of hydrogen-bond donors (Lipinski definition) is 0.